The third-order valence-corrected chi connectivity index (χ3v) is 3.56. The SMILES string of the molecule is CC(=O)N[C@@H]1C[C@@H]2CC(C(=O)O)C[C@@H]21. The van der Waals surface area contributed by atoms with E-state index in [0.717, 1.165) is 19.3 Å². The molecule has 78 valence electrons. The van der Waals surface area contributed by atoms with Gasteiger partial charge in [-0.15, -0.1) is 0 Å². The van der Waals surface area contributed by atoms with Crippen LogP contribution in [0.2, 0.25) is 0 Å². The number of aliphatic carboxylic acids is 1. The van der Waals surface area contributed by atoms with E-state index in [1.54, 1.807) is 0 Å². The van der Waals surface area contributed by atoms with Gasteiger partial charge >= 0.3 is 5.97 Å². The molecule has 0 aromatic heterocycles. The molecule has 2 aliphatic carbocycles. The molecule has 0 aromatic rings. The molecule has 2 saturated carbocycles. The summed E-state index contributed by atoms with van der Waals surface area (Å²) in [6.45, 7) is 1.51. The van der Waals surface area contributed by atoms with Crippen LogP contribution in [0.4, 0.5) is 0 Å². The zero-order valence-corrected chi connectivity index (χ0v) is 8.19. The van der Waals surface area contributed by atoms with Crippen LogP contribution in [0, 0.1) is 17.8 Å². The summed E-state index contributed by atoms with van der Waals surface area (Å²) >= 11 is 0. The fourth-order valence-electron chi connectivity index (χ4n) is 2.86. The summed E-state index contributed by atoms with van der Waals surface area (Å²) in [5, 5.41) is 11.7. The van der Waals surface area contributed by atoms with Crippen LogP contribution in [0.25, 0.3) is 0 Å². The first-order chi connectivity index (χ1) is 6.58. The highest BCUT2D eigenvalue weighted by molar-refractivity contribution is 5.73. The standard InChI is InChI=1S/C10H15NO3/c1-5(12)11-9-4-6-2-7(10(13)14)3-8(6)9/h6-9H,2-4H2,1H3,(H,11,12)(H,13,14)/t6-,7?,8-,9+/m0/s1. The van der Waals surface area contributed by atoms with Gasteiger partial charge in [-0.05, 0) is 31.1 Å². The number of carboxylic acids is 1. The van der Waals surface area contributed by atoms with Crippen molar-refractivity contribution in [3.63, 3.8) is 0 Å². The minimum atomic E-state index is -0.680. The summed E-state index contributed by atoms with van der Waals surface area (Å²) in [7, 11) is 0. The third kappa shape index (κ3) is 1.49. The molecule has 4 nitrogen and oxygen atoms in total. The van der Waals surface area contributed by atoms with E-state index in [1.165, 1.54) is 6.92 Å². The second-order valence-corrected chi connectivity index (χ2v) is 4.47. The van der Waals surface area contributed by atoms with Crippen LogP contribution in [-0.4, -0.2) is 23.0 Å². The fraction of sp³-hybridized carbons (Fsp3) is 0.800. The predicted octanol–water partition coefficient (Wildman–Crippen LogP) is 0.622. The van der Waals surface area contributed by atoms with Gasteiger partial charge in [-0.1, -0.05) is 0 Å². The highest BCUT2D eigenvalue weighted by Gasteiger charge is 2.49. The predicted molar refractivity (Wildman–Crippen MR) is 49.6 cm³/mol. The van der Waals surface area contributed by atoms with E-state index >= 15 is 0 Å². The van der Waals surface area contributed by atoms with Crippen molar-refractivity contribution in [3.05, 3.63) is 0 Å². The number of fused-ring (bicyclic) bond motifs is 1. The van der Waals surface area contributed by atoms with Crippen molar-refractivity contribution in [1.82, 2.24) is 5.32 Å². The monoisotopic (exact) mass is 197 g/mol. The van der Waals surface area contributed by atoms with Gasteiger partial charge in [0, 0.05) is 13.0 Å². The van der Waals surface area contributed by atoms with Crippen molar-refractivity contribution < 1.29 is 14.7 Å². The summed E-state index contributed by atoms with van der Waals surface area (Å²) in [6, 6.07) is 0.238. The van der Waals surface area contributed by atoms with E-state index in [-0.39, 0.29) is 17.9 Å². The normalized spacial score (nSPS) is 39.8. The van der Waals surface area contributed by atoms with Gasteiger partial charge in [0.25, 0.3) is 0 Å². The summed E-state index contributed by atoms with van der Waals surface area (Å²) in [5.74, 6) is 0.0879. The van der Waals surface area contributed by atoms with Crippen molar-refractivity contribution in [2.45, 2.75) is 32.2 Å². The van der Waals surface area contributed by atoms with Gasteiger partial charge in [0.15, 0.2) is 0 Å². The van der Waals surface area contributed by atoms with Crippen LogP contribution in [0.15, 0.2) is 0 Å². The van der Waals surface area contributed by atoms with Gasteiger partial charge in [0.1, 0.15) is 0 Å². The topological polar surface area (TPSA) is 66.4 Å². The first-order valence-corrected chi connectivity index (χ1v) is 5.08. The molecular weight excluding hydrogens is 182 g/mol. The Morgan fingerprint density at radius 3 is 2.57 bits per heavy atom. The van der Waals surface area contributed by atoms with Gasteiger partial charge in [0.2, 0.25) is 5.91 Å². The van der Waals surface area contributed by atoms with Crippen LogP contribution in [0.3, 0.4) is 0 Å². The highest BCUT2D eigenvalue weighted by Crippen LogP contribution is 2.49. The lowest BCUT2D eigenvalue weighted by Gasteiger charge is -2.40. The molecule has 0 spiro atoms. The smallest absolute Gasteiger partial charge is 0.306 e. The summed E-state index contributed by atoms with van der Waals surface area (Å²) in [4.78, 5) is 21.6. The second kappa shape index (κ2) is 3.26. The molecule has 0 aliphatic heterocycles. The first-order valence-electron chi connectivity index (χ1n) is 5.08. The van der Waals surface area contributed by atoms with Gasteiger partial charge in [-0.25, -0.2) is 0 Å². The number of hydrogen-bond donors (Lipinski definition) is 2. The zero-order valence-electron chi connectivity index (χ0n) is 8.19. The summed E-state index contributed by atoms with van der Waals surface area (Å²) < 4.78 is 0. The number of carbonyl (C=O) groups excluding carboxylic acids is 1. The Labute approximate surface area is 82.7 Å². The van der Waals surface area contributed by atoms with Crippen molar-refractivity contribution in [2.24, 2.45) is 17.8 Å². The Morgan fingerprint density at radius 2 is 2.00 bits per heavy atom. The Hall–Kier alpha value is -1.06. The molecule has 2 fully saturated rings. The van der Waals surface area contributed by atoms with E-state index in [9.17, 15) is 9.59 Å². The first kappa shape index (κ1) is 9.49. The molecule has 2 aliphatic rings. The van der Waals surface area contributed by atoms with Crippen molar-refractivity contribution in [2.75, 3.05) is 0 Å². The van der Waals surface area contributed by atoms with Crippen LogP contribution in [0.5, 0.6) is 0 Å². The lowest BCUT2D eigenvalue weighted by molar-refractivity contribution is -0.141. The minimum Gasteiger partial charge on any atom is -0.481 e. The molecule has 2 rings (SSSR count). The van der Waals surface area contributed by atoms with Crippen LogP contribution < -0.4 is 5.32 Å². The van der Waals surface area contributed by atoms with Crippen molar-refractivity contribution >= 4 is 11.9 Å². The summed E-state index contributed by atoms with van der Waals surface area (Å²) in [6.07, 6.45) is 2.51. The Kier molecular flexibility index (Phi) is 2.21. The number of nitrogens with one attached hydrogen (secondary N) is 1. The van der Waals surface area contributed by atoms with Crippen LogP contribution >= 0.6 is 0 Å². The molecule has 0 heterocycles. The average molecular weight is 197 g/mol. The van der Waals surface area contributed by atoms with E-state index in [0.29, 0.717) is 11.8 Å². The molecule has 1 unspecified atom stereocenters. The maximum atomic E-state index is 10.8. The van der Waals surface area contributed by atoms with Gasteiger partial charge in [-0.2, -0.15) is 0 Å². The molecular formula is C10H15NO3. The van der Waals surface area contributed by atoms with Crippen LogP contribution in [-0.2, 0) is 9.59 Å². The quantitative estimate of drug-likeness (QED) is 0.682. The molecule has 14 heavy (non-hydrogen) atoms. The molecule has 0 aromatic carbocycles. The molecule has 0 radical (unpaired) electrons. The highest BCUT2D eigenvalue weighted by atomic mass is 16.4. The number of hydrogen-bond acceptors (Lipinski definition) is 2. The number of rotatable bonds is 2. The van der Waals surface area contributed by atoms with Gasteiger partial charge < -0.3 is 10.4 Å². The Morgan fingerprint density at radius 1 is 1.29 bits per heavy atom. The Balaban J connectivity index is 1.89. The van der Waals surface area contributed by atoms with E-state index < -0.39 is 5.97 Å². The largest absolute Gasteiger partial charge is 0.481 e. The molecule has 0 saturated heterocycles. The number of carbonyl (C=O) groups is 2. The van der Waals surface area contributed by atoms with Crippen molar-refractivity contribution in [3.8, 4) is 0 Å². The molecule has 4 atom stereocenters. The zero-order chi connectivity index (χ0) is 10.3. The van der Waals surface area contributed by atoms with Crippen molar-refractivity contribution in [1.29, 1.82) is 0 Å². The molecule has 4 heteroatoms. The maximum absolute atomic E-state index is 10.8. The van der Waals surface area contributed by atoms with E-state index in [4.69, 9.17) is 5.11 Å². The van der Waals surface area contributed by atoms with Gasteiger partial charge in [-0.3, -0.25) is 9.59 Å². The maximum Gasteiger partial charge on any atom is 0.306 e. The lowest BCUT2D eigenvalue weighted by Crippen LogP contribution is -2.49. The fourth-order valence-corrected chi connectivity index (χ4v) is 2.86. The number of carboxylic acid groups (broad SMARTS) is 1. The van der Waals surface area contributed by atoms with E-state index in [1.807, 2.05) is 0 Å². The molecule has 2 N–H and O–H groups in total. The van der Waals surface area contributed by atoms with Gasteiger partial charge in [0.05, 0.1) is 5.92 Å². The summed E-state index contributed by atoms with van der Waals surface area (Å²) in [5.41, 5.74) is 0. The average Bonchev–Trinajstić information content (AvgIpc) is 2.39. The van der Waals surface area contributed by atoms with E-state index in [2.05, 4.69) is 5.32 Å². The third-order valence-electron chi connectivity index (χ3n) is 3.56. The molecule has 1 amide bonds. The van der Waals surface area contributed by atoms with Crippen LogP contribution in [0.1, 0.15) is 26.2 Å². The second-order valence-electron chi connectivity index (χ2n) is 4.47. The molecule has 0 bridgehead atoms. The lowest BCUT2D eigenvalue weighted by atomic mass is 9.71. The minimum absolute atomic E-state index is 0.00720. The Bertz CT molecular complexity index is 277. The number of amides is 1.